The summed E-state index contributed by atoms with van der Waals surface area (Å²) in [6, 6.07) is 0. The van der Waals surface area contributed by atoms with Crippen molar-refractivity contribution in [3.05, 3.63) is 23.8 Å². The van der Waals surface area contributed by atoms with Gasteiger partial charge >= 0.3 is 5.97 Å². The highest BCUT2D eigenvalue weighted by Gasteiger charge is 2.76. The van der Waals surface area contributed by atoms with Crippen molar-refractivity contribution in [2.45, 2.75) is 110 Å². The molecule has 214 valence electrons. The fourth-order valence-corrected chi connectivity index (χ4v) is 9.62. The van der Waals surface area contributed by atoms with Crippen molar-refractivity contribution in [1.82, 2.24) is 0 Å². The average Bonchev–Trinajstić information content (AvgIpc) is 3.41. The van der Waals surface area contributed by atoms with Gasteiger partial charge in [-0.15, -0.1) is 0 Å². The van der Waals surface area contributed by atoms with E-state index in [1.54, 1.807) is 26.0 Å². The second kappa shape index (κ2) is 9.63. The fourth-order valence-electron chi connectivity index (χ4n) is 9.62. The largest absolute Gasteiger partial charge is 0.457 e. The molecule has 0 aromatic rings. The number of carbonyl (C=O) groups is 3. The smallest absolute Gasteiger partial charge is 0.308 e. The Hall–Kier alpha value is -1.83. The lowest BCUT2D eigenvalue weighted by molar-refractivity contribution is -0.210. The summed E-state index contributed by atoms with van der Waals surface area (Å²) < 4.78 is 19.0. The molecule has 1 N–H and O–H groups in total. The summed E-state index contributed by atoms with van der Waals surface area (Å²) in [6.45, 7) is 7.44. The molecule has 5 fully saturated rings. The van der Waals surface area contributed by atoms with Crippen LogP contribution >= 0.6 is 0 Å². The molecule has 0 aromatic carbocycles. The van der Waals surface area contributed by atoms with Gasteiger partial charge in [-0.3, -0.25) is 14.4 Å². The van der Waals surface area contributed by atoms with Gasteiger partial charge in [0.1, 0.15) is 0 Å². The maximum Gasteiger partial charge on any atom is 0.308 e. The molecular weight excluding hydrogens is 496 g/mol. The SMILES string of the molecule is CC(C)C(=O)OCC(=O)[C@@]12O[C@H](C3CCCCC3)O[C@@H]1CC1C3CCC4=CC(=O)C=C[C@]4(C)C3C(O)C[C@@]12C. The van der Waals surface area contributed by atoms with Crippen molar-refractivity contribution in [3.8, 4) is 0 Å². The highest BCUT2D eigenvalue weighted by molar-refractivity contribution is 6.01. The number of aliphatic hydroxyl groups is 1. The van der Waals surface area contributed by atoms with Crippen LogP contribution in [0.1, 0.15) is 85.5 Å². The zero-order valence-corrected chi connectivity index (χ0v) is 23.8. The molecule has 39 heavy (non-hydrogen) atoms. The minimum Gasteiger partial charge on any atom is -0.457 e. The number of ketones is 2. The maximum atomic E-state index is 14.2. The van der Waals surface area contributed by atoms with Gasteiger partial charge in [-0.2, -0.15) is 0 Å². The summed E-state index contributed by atoms with van der Waals surface area (Å²) in [6.07, 6.45) is 12.2. The lowest BCUT2D eigenvalue weighted by Gasteiger charge is -2.59. The van der Waals surface area contributed by atoms with Crippen LogP contribution in [0.15, 0.2) is 23.8 Å². The minimum atomic E-state index is -1.25. The fraction of sp³-hybridized carbons (Fsp3) is 0.781. The van der Waals surface area contributed by atoms with Crippen LogP contribution in [0.5, 0.6) is 0 Å². The zero-order chi connectivity index (χ0) is 27.7. The van der Waals surface area contributed by atoms with Crippen LogP contribution in [0.25, 0.3) is 0 Å². The van der Waals surface area contributed by atoms with Gasteiger partial charge in [0.2, 0.25) is 5.78 Å². The second-order valence-electron chi connectivity index (χ2n) is 13.9. The topological polar surface area (TPSA) is 99.1 Å². The molecule has 4 saturated carbocycles. The Morgan fingerprint density at radius 1 is 1.15 bits per heavy atom. The number of fused-ring (bicyclic) bond motifs is 7. The summed E-state index contributed by atoms with van der Waals surface area (Å²) in [5.41, 5.74) is -1.19. The second-order valence-corrected chi connectivity index (χ2v) is 13.9. The minimum absolute atomic E-state index is 0.0162. The maximum absolute atomic E-state index is 14.2. The van der Waals surface area contributed by atoms with E-state index in [-0.39, 0.29) is 53.2 Å². The normalized spacial score (nSPS) is 45.3. The molecule has 7 nitrogen and oxygen atoms in total. The van der Waals surface area contributed by atoms with Crippen LogP contribution in [0.2, 0.25) is 0 Å². The van der Waals surface area contributed by atoms with Crippen molar-refractivity contribution in [3.63, 3.8) is 0 Å². The highest BCUT2D eigenvalue weighted by atomic mass is 16.7. The summed E-state index contributed by atoms with van der Waals surface area (Å²) in [5, 5.41) is 11.9. The Kier molecular flexibility index (Phi) is 6.75. The van der Waals surface area contributed by atoms with E-state index in [1.807, 2.05) is 6.08 Å². The summed E-state index contributed by atoms with van der Waals surface area (Å²) in [4.78, 5) is 38.7. The highest BCUT2D eigenvalue weighted by Crippen LogP contribution is 2.70. The van der Waals surface area contributed by atoms with E-state index in [0.29, 0.717) is 12.8 Å². The Labute approximate surface area is 231 Å². The Morgan fingerprint density at radius 2 is 1.90 bits per heavy atom. The van der Waals surface area contributed by atoms with Crippen LogP contribution in [0.4, 0.5) is 0 Å². The quantitative estimate of drug-likeness (QED) is 0.505. The lowest BCUT2D eigenvalue weighted by atomic mass is 9.46. The Bertz CT molecular complexity index is 1100. The molecule has 0 spiro atoms. The van der Waals surface area contributed by atoms with Crippen LogP contribution in [-0.2, 0) is 28.6 Å². The van der Waals surface area contributed by atoms with Crippen molar-refractivity contribution in [2.75, 3.05) is 6.61 Å². The van der Waals surface area contributed by atoms with Gasteiger partial charge in [0.15, 0.2) is 24.3 Å². The molecular formula is C32H44O7. The number of allylic oxidation sites excluding steroid dienone is 4. The van der Waals surface area contributed by atoms with Crippen molar-refractivity contribution in [2.24, 2.45) is 40.4 Å². The molecule has 1 aliphatic heterocycles. The monoisotopic (exact) mass is 540 g/mol. The number of ether oxygens (including phenoxy) is 3. The third-order valence-corrected chi connectivity index (χ3v) is 11.5. The summed E-state index contributed by atoms with van der Waals surface area (Å²) in [5.74, 6) is -0.471. The number of rotatable bonds is 5. The van der Waals surface area contributed by atoms with Crippen LogP contribution in [0, 0.1) is 40.4 Å². The average molecular weight is 541 g/mol. The molecule has 0 aromatic heterocycles. The predicted octanol–water partition coefficient (Wildman–Crippen LogP) is 4.70. The van der Waals surface area contributed by atoms with Crippen LogP contribution in [-0.4, -0.2) is 53.3 Å². The molecule has 0 amide bonds. The summed E-state index contributed by atoms with van der Waals surface area (Å²) in [7, 11) is 0. The zero-order valence-electron chi connectivity index (χ0n) is 23.8. The molecule has 1 saturated heterocycles. The lowest BCUT2D eigenvalue weighted by Crippen LogP contribution is -2.63. The van der Waals surface area contributed by atoms with Gasteiger partial charge in [0, 0.05) is 22.7 Å². The van der Waals surface area contributed by atoms with Gasteiger partial charge in [-0.05, 0) is 62.5 Å². The molecule has 7 heteroatoms. The van der Waals surface area contributed by atoms with Gasteiger partial charge < -0.3 is 19.3 Å². The van der Waals surface area contributed by atoms with Crippen molar-refractivity contribution >= 4 is 17.5 Å². The van der Waals surface area contributed by atoms with Crippen molar-refractivity contribution < 1.29 is 33.7 Å². The van der Waals surface area contributed by atoms with E-state index in [0.717, 1.165) is 44.1 Å². The molecule has 1 heterocycles. The van der Waals surface area contributed by atoms with Crippen LogP contribution in [0.3, 0.4) is 0 Å². The third kappa shape index (κ3) is 3.97. The predicted molar refractivity (Wildman–Crippen MR) is 143 cm³/mol. The van der Waals surface area contributed by atoms with E-state index in [1.165, 1.54) is 6.42 Å². The number of hydrogen-bond donors (Lipinski definition) is 1. The standard InChI is InChI=1S/C32H44O7/c1-18(2)28(36)37-17-25(35)32-26(38-29(39-32)19-8-6-5-7-9-19)15-23-22-11-10-20-14-21(33)12-13-30(20,3)27(22)24(34)16-31(23,32)4/h12-14,18-19,22-24,26-27,29,34H,5-11,15-17H2,1-4H3/t22?,23?,24?,26-,27?,29-,30+,31+,32-/m1/s1. The Balaban J connectivity index is 1.35. The number of aliphatic hydroxyl groups excluding tert-OH is 1. The molecule has 5 aliphatic carbocycles. The first-order chi connectivity index (χ1) is 18.5. The number of carbonyl (C=O) groups excluding carboxylic acids is 3. The van der Waals surface area contributed by atoms with Gasteiger partial charge in [0.25, 0.3) is 0 Å². The first kappa shape index (κ1) is 27.3. The van der Waals surface area contributed by atoms with E-state index >= 15 is 0 Å². The number of hydrogen-bond acceptors (Lipinski definition) is 7. The number of esters is 1. The number of Topliss-reactive ketones (excluding diaryl/α,β-unsaturated/α-hetero) is 1. The van der Waals surface area contributed by atoms with E-state index in [4.69, 9.17) is 14.2 Å². The molecule has 6 aliphatic rings. The van der Waals surface area contributed by atoms with E-state index in [9.17, 15) is 19.5 Å². The molecule has 9 atom stereocenters. The van der Waals surface area contributed by atoms with Crippen molar-refractivity contribution in [1.29, 1.82) is 0 Å². The van der Waals surface area contributed by atoms with Gasteiger partial charge in [-0.25, -0.2) is 0 Å². The summed E-state index contributed by atoms with van der Waals surface area (Å²) >= 11 is 0. The van der Waals surface area contributed by atoms with Crippen LogP contribution < -0.4 is 0 Å². The van der Waals surface area contributed by atoms with E-state index in [2.05, 4.69) is 13.8 Å². The molecule has 4 unspecified atom stereocenters. The van der Waals surface area contributed by atoms with E-state index < -0.39 is 35.5 Å². The first-order valence-corrected chi connectivity index (χ1v) is 15.2. The molecule has 0 radical (unpaired) electrons. The first-order valence-electron chi connectivity index (χ1n) is 15.2. The molecule has 0 bridgehead atoms. The third-order valence-electron chi connectivity index (χ3n) is 11.5. The van der Waals surface area contributed by atoms with Gasteiger partial charge in [-0.1, -0.05) is 58.6 Å². The van der Waals surface area contributed by atoms with Gasteiger partial charge in [0.05, 0.1) is 18.1 Å². The Morgan fingerprint density at radius 3 is 2.62 bits per heavy atom. The molecule has 6 rings (SSSR count).